The van der Waals surface area contributed by atoms with E-state index in [4.69, 9.17) is 9.57 Å². The number of esters is 1. The number of hydrogen-bond acceptors (Lipinski definition) is 9. The van der Waals surface area contributed by atoms with Crippen LogP contribution in [0.1, 0.15) is 34.5 Å². The molecule has 0 spiro atoms. The lowest BCUT2D eigenvalue weighted by atomic mass is 10.1. The van der Waals surface area contributed by atoms with Crippen LogP contribution in [0.3, 0.4) is 0 Å². The number of carbonyl (C=O) groups excluding carboxylic acids is 2. The third-order valence-electron chi connectivity index (χ3n) is 7.10. The largest absolute Gasteiger partial charge is 0.569 e. The van der Waals surface area contributed by atoms with E-state index in [0.717, 1.165) is 33.5 Å². The van der Waals surface area contributed by atoms with Crippen LogP contribution in [0.25, 0.3) is 16.9 Å². The number of alkyl halides is 3. The zero-order chi connectivity index (χ0) is 33.8. The zero-order valence-electron chi connectivity index (χ0n) is 24.6. The first kappa shape index (κ1) is 32.9. The molecule has 0 aliphatic carbocycles. The minimum absolute atomic E-state index is 0.0278. The molecule has 0 bridgehead atoms. The van der Waals surface area contributed by atoms with E-state index in [1.54, 1.807) is 42.5 Å². The maximum absolute atomic E-state index is 13.5. The molecule has 13 nitrogen and oxygen atoms in total. The number of nitrogens with one attached hydrogen (secondary N) is 1. The van der Waals surface area contributed by atoms with Crippen LogP contribution in [-0.4, -0.2) is 59.4 Å². The molecule has 3 aromatic carbocycles. The quantitative estimate of drug-likeness (QED) is 0.0626. The highest BCUT2D eigenvalue weighted by molar-refractivity contribution is 7.90. The summed E-state index contributed by atoms with van der Waals surface area (Å²) in [6.45, 7) is 1.20. The van der Waals surface area contributed by atoms with E-state index in [2.05, 4.69) is 10.4 Å². The second-order valence-electron chi connectivity index (χ2n) is 10.4. The van der Waals surface area contributed by atoms with Gasteiger partial charge in [-0.3, -0.25) is 4.79 Å². The summed E-state index contributed by atoms with van der Waals surface area (Å²) in [7, 11) is -4.46. The van der Waals surface area contributed by atoms with Gasteiger partial charge in [0.2, 0.25) is 5.28 Å². The van der Waals surface area contributed by atoms with Gasteiger partial charge in [-0.05, 0) is 62.2 Å². The van der Waals surface area contributed by atoms with Gasteiger partial charge in [0.15, 0.2) is 11.7 Å². The zero-order valence-corrected chi connectivity index (χ0v) is 25.4. The number of amides is 1. The SMILES string of the molecule is Cc1ccc(-c2cc(C(F)(F)F)nn2-c2ccc(S(=O)(=O)NC(=O)[C@@H]3CCCN3/[N+]([O-])=N/OCOC(=O)c3ccccc3)cc2)cc1. The van der Waals surface area contributed by atoms with Crippen molar-refractivity contribution in [1.29, 1.82) is 0 Å². The second-order valence-corrected chi connectivity index (χ2v) is 12.0. The lowest BCUT2D eigenvalue weighted by molar-refractivity contribution is -0.712. The Labute approximate surface area is 266 Å². The highest BCUT2D eigenvalue weighted by Crippen LogP contribution is 2.33. The number of nitrogens with zero attached hydrogens (tertiary/aromatic N) is 5. The predicted molar refractivity (Wildman–Crippen MR) is 158 cm³/mol. The predicted octanol–water partition coefficient (Wildman–Crippen LogP) is 4.76. The van der Waals surface area contributed by atoms with Crippen LogP contribution >= 0.6 is 0 Å². The number of sulfonamides is 1. The van der Waals surface area contributed by atoms with Crippen molar-refractivity contribution >= 4 is 21.9 Å². The Morgan fingerprint density at radius 1 is 1.06 bits per heavy atom. The maximum Gasteiger partial charge on any atom is 0.435 e. The number of hydrazine groups is 1. The Hall–Kier alpha value is -5.45. The number of hydrogen-bond donors (Lipinski definition) is 1. The van der Waals surface area contributed by atoms with E-state index >= 15 is 0 Å². The highest BCUT2D eigenvalue weighted by atomic mass is 32.2. The van der Waals surface area contributed by atoms with Crippen molar-refractivity contribution in [2.75, 3.05) is 13.3 Å². The molecule has 1 fully saturated rings. The lowest BCUT2D eigenvalue weighted by Crippen LogP contribution is -2.47. The number of halogens is 3. The monoisotopic (exact) mass is 672 g/mol. The smallest absolute Gasteiger partial charge is 0.435 e. The number of rotatable bonds is 10. The summed E-state index contributed by atoms with van der Waals surface area (Å²) in [5.74, 6) is -1.72. The molecule has 1 atom stereocenters. The molecule has 1 aromatic heterocycles. The Balaban J connectivity index is 1.25. The molecule has 2 heterocycles. The molecule has 246 valence electrons. The molecule has 0 unspecified atom stereocenters. The maximum atomic E-state index is 13.5. The summed E-state index contributed by atoms with van der Waals surface area (Å²) in [6.07, 6.45) is -4.24. The molecule has 5 rings (SSSR count). The molecule has 1 amide bonds. The Kier molecular flexibility index (Phi) is 9.46. The van der Waals surface area contributed by atoms with Gasteiger partial charge in [-0.15, -0.1) is 5.01 Å². The van der Waals surface area contributed by atoms with Crippen molar-refractivity contribution in [2.45, 2.75) is 36.9 Å². The first-order valence-corrected chi connectivity index (χ1v) is 15.5. The molecule has 1 aliphatic rings. The van der Waals surface area contributed by atoms with Crippen molar-refractivity contribution < 1.29 is 45.7 Å². The van der Waals surface area contributed by atoms with E-state index in [1.807, 2.05) is 11.6 Å². The van der Waals surface area contributed by atoms with E-state index in [9.17, 15) is 36.4 Å². The Morgan fingerprint density at radius 2 is 1.74 bits per heavy atom. The number of aryl methyl sites for hydroxylation is 1. The van der Waals surface area contributed by atoms with Gasteiger partial charge in [0.05, 0.1) is 33.4 Å². The minimum atomic E-state index is -4.72. The normalized spacial score (nSPS) is 15.4. The van der Waals surface area contributed by atoms with Crippen molar-refractivity contribution in [3.63, 3.8) is 0 Å². The van der Waals surface area contributed by atoms with E-state index < -0.39 is 46.6 Å². The average molecular weight is 673 g/mol. The van der Waals surface area contributed by atoms with Crippen molar-refractivity contribution in [3.8, 4) is 16.9 Å². The van der Waals surface area contributed by atoms with Crippen LogP contribution in [-0.2, 0) is 30.6 Å². The Bertz CT molecular complexity index is 1880. The first-order chi connectivity index (χ1) is 22.3. The fraction of sp³-hybridized carbons (Fsp3) is 0.233. The Morgan fingerprint density at radius 3 is 2.40 bits per heavy atom. The van der Waals surface area contributed by atoms with Gasteiger partial charge >= 0.3 is 12.1 Å². The molecular weight excluding hydrogens is 645 g/mol. The van der Waals surface area contributed by atoms with Gasteiger partial charge in [0, 0.05) is 5.56 Å². The van der Waals surface area contributed by atoms with Crippen molar-refractivity contribution in [2.24, 2.45) is 5.28 Å². The van der Waals surface area contributed by atoms with Gasteiger partial charge < -0.3 is 14.8 Å². The molecule has 1 saturated heterocycles. The molecule has 4 aromatic rings. The fourth-order valence-corrected chi connectivity index (χ4v) is 5.77. The number of benzene rings is 3. The second kappa shape index (κ2) is 13.5. The third kappa shape index (κ3) is 7.69. The summed E-state index contributed by atoms with van der Waals surface area (Å²) >= 11 is 0. The molecule has 1 aliphatic heterocycles. The van der Waals surface area contributed by atoms with Crippen LogP contribution in [0, 0.1) is 12.1 Å². The summed E-state index contributed by atoms with van der Waals surface area (Å²) in [5.41, 5.74) is 0.763. The van der Waals surface area contributed by atoms with Gasteiger partial charge in [-0.25, -0.2) is 22.6 Å². The van der Waals surface area contributed by atoms with Crippen molar-refractivity contribution in [3.05, 3.63) is 107 Å². The summed E-state index contributed by atoms with van der Waals surface area (Å²) < 4.78 is 74.6. The van der Waals surface area contributed by atoms with E-state index in [0.29, 0.717) is 12.0 Å². The minimum Gasteiger partial charge on any atom is -0.569 e. The van der Waals surface area contributed by atoms with Crippen LogP contribution in [0.4, 0.5) is 13.2 Å². The van der Waals surface area contributed by atoms with Crippen LogP contribution in [0.15, 0.2) is 95.1 Å². The molecule has 0 radical (unpaired) electrons. The van der Waals surface area contributed by atoms with Crippen LogP contribution in [0.5, 0.6) is 0 Å². The highest BCUT2D eigenvalue weighted by Gasteiger charge is 2.39. The van der Waals surface area contributed by atoms with Crippen LogP contribution < -0.4 is 4.72 Å². The van der Waals surface area contributed by atoms with E-state index in [1.165, 1.54) is 24.3 Å². The van der Waals surface area contributed by atoms with Gasteiger partial charge in [0.25, 0.3) is 22.7 Å². The van der Waals surface area contributed by atoms with Gasteiger partial charge in [0.1, 0.15) is 0 Å². The third-order valence-corrected chi connectivity index (χ3v) is 8.46. The van der Waals surface area contributed by atoms with Crippen molar-refractivity contribution in [1.82, 2.24) is 19.5 Å². The summed E-state index contributed by atoms with van der Waals surface area (Å²) in [6, 6.07) is 19.2. The molecule has 1 N–H and O–H groups in total. The average Bonchev–Trinajstić information content (AvgIpc) is 3.73. The standard InChI is InChI=1S/C30H27F3N6O7S/c1-20-9-11-21(12-10-20)26-18-27(30(31,32)33)34-38(26)23-13-15-24(16-14-23)47(43,44)35-28(40)25-8-5-17-37(25)39(42)36-46-19-45-29(41)22-6-3-2-4-7-22/h2-4,6-7,9-16,18,25H,5,8,17,19H2,1H3,(H,35,40)/b39-36-/t25-/m0/s1. The fourth-order valence-electron chi connectivity index (χ4n) is 4.75. The molecule has 0 saturated carbocycles. The summed E-state index contributed by atoms with van der Waals surface area (Å²) in [4.78, 5) is 29.3. The molecule has 47 heavy (non-hydrogen) atoms. The topological polar surface area (TPSA) is 158 Å². The van der Waals surface area contributed by atoms with E-state index in [-0.39, 0.29) is 39.8 Å². The number of carbonyl (C=O) groups is 2. The number of ether oxygens (including phenoxy) is 1. The first-order valence-electron chi connectivity index (χ1n) is 14.0. The van der Waals surface area contributed by atoms with Gasteiger partial charge in [-0.1, -0.05) is 48.0 Å². The van der Waals surface area contributed by atoms with Crippen LogP contribution in [0.2, 0.25) is 0 Å². The molecule has 17 heteroatoms. The van der Waals surface area contributed by atoms with Gasteiger partial charge in [-0.2, -0.15) is 18.3 Å². The molecular formula is C30H27F3N6O7S. The lowest BCUT2D eigenvalue weighted by Gasteiger charge is -2.19. The summed E-state index contributed by atoms with van der Waals surface area (Å²) in [5, 5.41) is 20.4. The number of aromatic nitrogens is 2.